The molecule has 5 atom stereocenters. The molecule has 3 fully saturated rings. The molecule has 8 heteroatoms. The molecule has 0 aromatic rings. The van der Waals surface area contributed by atoms with Crippen molar-refractivity contribution in [2.75, 3.05) is 26.3 Å². The number of nitrogens with zero attached hydrogens (tertiary/aromatic N) is 2. The molecule has 36 heavy (non-hydrogen) atoms. The van der Waals surface area contributed by atoms with Crippen molar-refractivity contribution in [2.24, 2.45) is 11.8 Å². The van der Waals surface area contributed by atoms with Crippen molar-refractivity contribution in [1.29, 1.82) is 0 Å². The standard InChI is InChI=1S/C28H44N2O5S/c1-6-8-9-13-19-35-26(34)22-21-24(32)30(17-11-10-12-18-31)23(25(33)29(16-7-2)20(3)4)28(21)15-14-27(22,5)36-28/h6-7,20-23,31H,1-2,8-19H2,3-5H3/t21-,22-,23?,27+,28?/m0/s1. The maximum absolute atomic E-state index is 14.1. The first kappa shape index (κ1) is 28.8. The van der Waals surface area contributed by atoms with Gasteiger partial charge in [-0.15, -0.1) is 24.9 Å². The van der Waals surface area contributed by atoms with Crippen molar-refractivity contribution < 1.29 is 24.2 Å². The van der Waals surface area contributed by atoms with E-state index in [2.05, 4.69) is 20.1 Å². The molecule has 0 aromatic heterocycles. The third-order valence-corrected chi connectivity index (χ3v) is 10.1. The molecular formula is C28H44N2O5S. The first-order valence-corrected chi connectivity index (χ1v) is 14.3. The molecule has 0 saturated carbocycles. The summed E-state index contributed by atoms with van der Waals surface area (Å²) in [6, 6.07) is -0.642. The molecule has 7 nitrogen and oxygen atoms in total. The van der Waals surface area contributed by atoms with Gasteiger partial charge in [-0.1, -0.05) is 12.2 Å². The van der Waals surface area contributed by atoms with Crippen LogP contribution in [0.15, 0.2) is 25.3 Å². The number of unbranched alkanes of at least 4 members (excludes halogenated alkanes) is 4. The first-order chi connectivity index (χ1) is 17.2. The smallest absolute Gasteiger partial charge is 0.311 e. The molecule has 2 amide bonds. The van der Waals surface area contributed by atoms with Crippen LogP contribution in [0.4, 0.5) is 0 Å². The normalized spacial score (nSPS) is 30.5. The van der Waals surface area contributed by atoms with Crippen molar-refractivity contribution >= 4 is 29.5 Å². The molecule has 3 aliphatic heterocycles. The molecule has 3 heterocycles. The number of rotatable bonds is 15. The minimum Gasteiger partial charge on any atom is -0.465 e. The molecule has 1 N–H and O–H groups in total. The SMILES string of the molecule is C=CCCCCOC(=O)[C@@H]1[C@H]2C(=O)N(CCCCCO)C(C(=O)N(CC=C)C(C)C)C23CC[C@@]1(C)S3. The lowest BCUT2D eigenvalue weighted by atomic mass is 9.66. The van der Waals surface area contributed by atoms with E-state index in [1.165, 1.54) is 0 Å². The number of likely N-dealkylation sites (tertiary alicyclic amines) is 1. The lowest BCUT2D eigenvalue weighted by Gasteiger charge is -2.38. The minimum atomic E-state index is -0.624. The van der Waals surface area contributed by atoms with Gasteiger partial charge in [0.15, 0.2) is 0 Å². The molecule has 3 aliphatic rings. The Labute approximate surface area is 220 Å². The van der Waals surface area contributed by atoms with Gasteiger partial charge in [0, 0.05) is 30.5 Å². The lowest BCUT2D eigenvalue weighted by molar-refractivity contribution is -0.155. The number of carbonyl (C=O) groups excluding carboxylic acids is 3. The highest BCUT2D eigenvalue weighted by molar-refractivity contribution is 8.02. The van der Waals surface area contributed by atoms with E-state index in [-0.39, 0.29) is 30.4 Å². The summed E-state index contributed by atoms with van der Waals surface area (Å²) in [5, 5.41) is 9.19. The summed E-state index contributed by atoms with van der Waals surface area (Å²) >= 11 is 1.68. The molecule has 2 unspecified atom stereocenters. The summed E-state index contributed by atoms with van der Waals surface area (Å²) in [6.07, 6.45) is 9.80. The Hall–Kier alpha value is -1.80. The quantitative estimate of drug-likeness (QED) is 0.200. The van der Waals surface area contributed by atoms with Crippen molar-refractivity contribution in [3.05, 3.63) is 25.3 Å². The average molecular weight is 521 g/mol. The Balaban J connectivity index is 1.91. The minimum absolute atomic E-state index is 0.0344. The Bertz CT molecular complexity index is 848. The van der Waals surface area contributed by atoms with Gasteiger partial charge < -0.3 is 19.6 Å². The van der Waals surface area contributed by atoms with Crippen LogP contribution >= 0.6 is 11.8 Å². The fraction of sp³-hybridized carbons (Fsp3) is 0.750. The van der Waals surface area contributed by atoms with Crippen LogP contribution in [-0.4, -0.2) is 80.6 Å². The van der Waals surface area contributed by atoms with Gasteiger partial charge in [-0.05, 0) is 72.1 Å². The van der Waals surface area contributed by atoms with Gasteiger partial charge in [-0.25, -0.2) is 0 Å². The number of amides is 2. The van der Waals surface area contributed by atoms with Crippen molar-refractivity contribution in [2.45, 2.75) is 93.7 Å². The second kappa shape index (κ2) is 12.2. The number of thioether (sulfide) groups is 1. The van der Waals surface area contributed by atoms with Crippen LogP contribution in [0.25, 0.3) is 0 Å². The Morgan fingerprint density at radius 2 is 1.94 bits per heavy atom. The molecule has 0 aliphatic carbocycles. The van der Waals surface area contributed by atoms with Gasteiger partial charge in [-0.2, -0.15) is 0 Å². The monoisotopic (exact) mass is 520 g/mol. The van der Waals surface area contributed by atoms with Crippen LogP contribution in [0.5, 0.6) is 0 Å². The number of aliphatic hydroxyl groups excluding tert-OH is 1. The second-order valence-corrected chi connectivity index (χ2v) is 12.8. The van der Waals surface area contributed by atoms with Crippen LogP contribution in [0.1, 0.15) is 72.1 Å². The van der Waals surface area contributed by atoms with Crippen LogP contribution in [0.3, 0.4) is 0 Å². The van der Waals surface area contributed by atoms with Gasteiger partial charge in [0.1, 0.15) is 6.04 Å². The van der Waals surface area contributed by atoms with E-state index in [1.807, 2.05) is 19.9 Å². The van der Waals surface area contributed by atoms with E-state index in [1.54, 1.807) is 27.6 Å². The summed E-state index contributed by atoms with van der Waals surface area (Å²) < 4.78 is 4.68. The lowest BCUT2D eigenvalue weighted by Crippen LogP contribution is -2.56. The van der Waals surface area contributed by atoms with Gasteiger partial charge in [0.2, 0.25) is 11.8 Å². The van der Waals surface area contributed by atoms with E-state index >= 15 is 0 Å². The van der Waals surface area contributed by atoms with Crippen molar-refractivity contribution in [3.8, 4) is 0 Å². The number of esters is 1. The fourth-order valence-corrected chi connectivity index (χ4v) is 8.72. The average Bonchev–Trinajstić information content (AvgIpc) is 3.40. The maximum atomic E-state index is 14.1. The van der Waals surface area contributed by atoms with Gasteiger partial charge >= 0.3 is 5.97 Å². The molecule has 2 bridgehead atoms. The Morgan fingerprint density at radius 3 is 2.58 bits per heavy atom. The number of carbonyl (C=O) groups is 3. The molecule has 0 radical (unpaired) electrons. The van der Waals surface area contributed by atoms with Gasteiger partial charge in [0.05, 0.1) is 23.2 Å². The van der Waals surface area contributed by atoms with Crippen LogP contribution in [0.2, 0.25) is 0 Å². The Kier molecular flexibility index (Phi) is 9.72. The molecule has 1 spiro atoms. The first-order valence-electron chi connectivity index (χ1n) is 13.5. The van der Waals surface area contributed by atoms with E-state index in [0.29, 0.717) is 32.5 Å². The highest BCUT2D eigenvalue weighted by atomic mass is 32.2. The zero-order valence-corrected chi connectivity index (χ0v) is 23.1. The number of hydrogen-bond donors (Lipinski definition) is 1. The van der Waals surface area contributed by atoms with Gasteiger partial charge in [-0.3, -0.25) is 14.4 Å². The highest BCUT2D eigenvalue weighted by Crippen LogP contribution is 2.71. The van der Waals surface area contributed by atoms with Gasteiger partial charge in [0.25, 0.3) is 0 Å². The molecule has 3 rings (SSSR count). The van der Waals surface area contributed by atoms with E-state index in [0.717, 1.165) is 38.5 Å². The van der Waals surface area contributed by atoms with Crippen LogP contribution in [-0.2, 0) is 19.1 Å². The summed E-state index contributed by atoms with van der Waals surface area (Å²) in [5.74, 6) is -1.55. The molecular weight excluding hydrogens is 476 g/mol. The van der Waals surface area contributed by atoms with E-state index in [4.69, 9.17) is 4.74 Å². The maximum Gasteiger partial charge on any atom is 0.311 e. The fourth-order valence-electron chi connectivity index (χ4n) is 6.38. The number of fused-ring (bicyclic) bond motifs is 1. The number of allylic oxidation sites excluding steroid dienone is 1. The molecule has 0 aromatic carbocycles. The summed E-state index contributed by atoms with van der Waals surface area (Å²) in [7, 11) is 0. The molecule has 202 valence electrons. The summed E-state index contributed by atoms with van der Waals surface area (Å²) in [6.45, 7) is 14.9. The number of hydrogen-bond acceptors (Lipinski definition) is 6. The number of ether oxygens (including phenoxy) is 1. The summed E-state index contributed by atoms with van der Waals surface area (Å²) in [5.41, 5.74) is 0. The predicted molar refractivity (Wildman–Crippen MR) is 143 cm³/mol. The number of aliphatic hydroxyl groups is 1. The topological polar surface area (TPSA) is 87.1 Å². The highest BCUT2D eigenvalue weighted by Gasteiger charge is 2.77. The zero-order chi connectivity index (χ0) is 26.5. The third-order valence-electron chi connectivity index (χ3n) is 8.10. The Morgan fingerprint density at radius 1 is 1.19 bits per heavy atom. The van der Waals surface area contributed by atoms with Crippen molar-refractivity contribution in [3.63, 3.8) is 0 Å². The largest absolute Gasteiger partial charge is 0.465 e. The van der Waals surface area contributed by atoms with Crippen LogP contribution in [0, 0.1) is 11.8 Å². The van der Waals surface area contributed by atoms with Crippen LogP contribution < -0.4 is 0 Å². The van der Waals surface area contributed by atoms with Crippen molar-refractivity contribution in [1.82, 2.24) is 9.80 Å². The van der Waals surface area contributed by atoms with E-state index in [9.17, 15) is 19.5 Å². The summed E-state index contributed by atoms with van der Waals surface area (Å²) in [4.78, 5) is 45.1. The third kappa shape index (κ3) is 5.26. The molecule has 3 saturated heterocycles. The predicted octanol–water partition coefficient (Wildman–Crippen LogP) is 3.95. The van der Waals surface area contributed by atoms with E-state index < -0.39 is 27.4 Å². The zero-order valence-electron chi connectivity index (χ0n) is 22.2. The second-order valence-electron chi connectivity index (χ2n) is 10.9.